The van der Waals surface area contributed by atoms with E-state index in [1.807, 2.05) is 0 Å². The molecule has 1 aromatic carbocycles. The smallest absolute Gasteiger partial charge is 0.336 e. The van der Waals surface area contributed by atoms with Crippen LogP contribution in [0.15, 0.2) is 36.4 Å². The van der Waals surface area contributed by atoms with Crippen molar-refractivity contribution in [3.63, 3.8) is 0 Å². The average Bonchev–Trinajstić information content (AvgIpc) is 3.61. The van der Waals surface area contributed by atoms with E-state index in [2.05, 4.69) is 29.4 Å². The maximum atomic E-state index is 13.8. The summed E-state index contributed by atoms with van der Waals surface area (Å²) in [6, 6.07) is 5.82. The molecule has 0 radical (unpaired) electrons. The maximum Gasteiger partial charge on any atom is 0.336 e. The second kappa shape index (κ2) is 25.5. The van der Waals surface area contributed by atoms with Crippen LogP contribution in [0.2, 0.25) is 0 Å². The molecule has 1 heterocycles. The normalized spacial score (nSPS) is 16.0. The Balaban J connectivity index is 2.08. The fourth-order valence-corrected chi connectivity index (χ4v) is 6.19. The van der Waals surface area contributed by atoms with E-state index in [4.69, 9.17) is 18.9 Å². The Bertz CT molecular complexity index is 1270. The van der Waals surface area contributed by atoms with Gasteiger partial charge in [0.25, 0.3) is 0 Å². The van der Waals surface area contributed by atoms with Gasteiger partial charge in [-0.15, -0.1) is 5.92 Å². The Kier molecular flexibility index (Phi) is 21.9. The molecule has 12 nitrogen and oxygen atoms in total. The highest BCUT2D eigenvalue weighted by Crippen LogP contribution is 2.32. The number of rotatable bonds is 28. The first kappa shape index (κ1) is 44.7. The maximum absolute atomic E-state index is 13.8. The van der Waals surface area contributed by atoms with Gasteiger partial charge in [0.1, 0.15) is 18.4 Å². The van der Waals surface area contributed by atoms with Gasteiger partial charge in [-0.05, 0) is 50.3 Å². The van der Waals surface area contributed by atoms with Crippen LogP contribution in [0, 0.1) is 17.8 Å². The molecule has 0 aromatic heterocycles. The molecule has 1 saturated heterocycles. The van der Waals surface area contributed by atoms with Crippen LogP contribution in [0.3, 0.4) is 0 Å². The number of methoxy groups -OCH3 is 1. The lowest BCUT2D eigenvalue weighted by molar-refractivity contribution is -0.169. The lowest BCUT2D eigenvalue weighted by atomic mass is 9.83. The van der Waals surface area contributed by atoms with E-state index >= 15 is 0 Å². The van der Waals surface area contributed by atoms with Crippen LogP contribution in [0.4, 0.5) is 0 Å². The molecule has 1 aliphatic heterocycles. The SMILES string of the molecule is CC#CCOc1ccc(C[C@H](NC(=O)C(C=CCCCCCCC2(CCCCCCC)OCCO2)C(O)(CCOC)C(=O)O)C(=O)NCCO)cc1. The van der Waals surface area contributed by atoms with Gasteiger partial charge in [0, 0.05) is 45.9 Å². The van der Waals surface area contributed by atoms with Crippen molar-refractivity contribution in [3.8, 4) is 17.6 Å². The van der Waals surface area contributed by atoms with Crippen molar-refractivity contribution in [1.29, 1.82) is 0 Å². The summed E-state index contributed by atoms with van der Waals surface area (Å²) >= 11 is 0. The lowest BCUT2D eigenvalue weighted by Crippen LogP contribution is -2.56. The Morgan fingerprint density at radius 2 is 1.65 bits per heavy atom. The van der Waals surface area contributed by atoms with E-state index in [-0.39, 0.29) is 39.2 Å². The quantitative estimate of drug-likeness (QED) is 0.0463. The summed E-state index contributed by atoms with van der Waals surface area (Å²) in [5.41, 5.74) is -1.79. The highest BCUT2D eigenvalue weighted by Gasteiger charge is 2.47. The minimum absolute atomic E-state index is 0.0350. The van der Waals surface area contributed by atoms with E-state index in [1.165, 1.54) is 38.9 Å². The van der Waals surface area contributed by atoms with Gasteiger partial charge in [-0.3, -0.25) is 9.59 Å². The van der Waals surface area contributed by atoms with Crippen LogP contribution in [-0.4, -0.2) is 97.2 Å². The molecule has 0 bridgehead atoms. The number of aliphatic hydroxyl groups is 2. The number of carbonyl (C=O) groups is 3. The predicted octanol–water partition coefficient (Wildman–Crippen LogP) is 4.69. The molecule has 0 spiro atoms. The van der Waals surface area contributed by atoms with E-state index < -0.39 is 41.1 Å². The lowest BCUT2D eigenvalue weighted by Gasteiger charge is -2.31. The summed E-state index contributed by atoms with van der Waals surface area (Å²) < 4.78 is 22.7. The van der Waals surface area contributed by atoms with E-state index in [9.17, 15) is 29.7 Å². The predicted molar refractivity (Wildman–Crippen MR) is 199 cm³/mol. The Morgan fingerprint density at radius 1 is 1.00 bits per heavy atom. The number of hydrogen-bond donors (Lipinski definition) is 5. The number of unbranched alkanes of at least 4 members (excludes halogenated alkanes) is 8. The number of aliphatic hydroxyl groups excluding tert-OH is 1. The molecule has 0 saturated carbocycles. The van der Waals surface area contributed by atoms with Crippen molar-refractivity contribution in [2.75, 3.05) is 46.7 Å². The molecule has 52 heavy (non-hydrogen) atoms. The van der Waals surface area contributed by atoms with Crippen molar-refractivity contribution in [3.05, 3.63) is 42.0 Å². The van der Waals surface area contributed by atoms with E-state index in [0.717, 1.165) is 44.9 Å². The Hall–Kier alpha value is -3.47. The second-order valence-electron chi connectivity index (χ2n) is 13.2. The molecule has 5 N–H and O–H groups in total. The fourth-order valence-electron chi connectivity index (χ4n) is 6.19. The molecule has 1 fully saturated rings. The van der Waals surface area contributed by atoms with Gasteiger partial charge in [0.15, 0.2) is 11.4 Å². The number of carboxylic acids is 1. The zero-order valence-electron chi connectivity index (χ0n) is 31.5. The number of ether oxygens (including phenoxy) is 4. The molecular weight excluding hydrogens is 668 g/mol. The molecule has 12 heteroatoms. The first-order valence-electron chi connectivity index (χ1n) is 18.8. The standard InChI is InChI=1S/C40H62N2O10/c1-4-6-8-12-15-22-39(51-29-30-52-39)23-16-13-10-9-11-14-17-34(40(48,38(46)47)24-28-49-3)36(44)42-35(37(45)41-25-26-43)31-32-18-20-33(21-19-32)50-27-7-5-2/h14,17-21,34-35,43,48H,4,6,8-13,15-16,22-31H2,1-3H3,(H,41,45)(H,42,44)(H,46,47)/t34?,35-,40?/m0/s1. The van der Waals surface area contributed by atoms with Crippen molar-refractivity contribution < 1.29 is 48.7 Å². The zero-order valence-corrected chi connectivity index (χ0v) is 31.5. The largest absolute Gasteiger partial charge is 0.481 e. The van der Waals surface area contributed by atoms with Gasteiger partial charge in [-0.1, -0.05) is 75.7 Å². The van der Waals surface area contributed by atoms with Crippen molar-refractivity contribution in [2.45, 2.75) is 121 Å². The molecule has 1 aliphatic rings. The topological polar surface area (TPSA) is 173 Å². The van der Waals surface area contributed by atoms with Gasteiger partial charge in [0.05, 0.1) is 25.7 Å². The van der Waals surface area contributed by atoms with E-state index in [1.54, 1.807) is 37.3 Å². The summed E-state index contributed by atoms with van der Waals surface area (Å²) in [7, 11) is 1.38. The number of carboxylic acid groups (broad SMARTS) is 1. The minimum atomic E-state index is -2.49. The monoisotopic (exact) mass is 730 g/mol. The highest BCUT2D eigenvalue weighted by molar-refractivity contribution is 5.93. The third-order valence-electron chi connectivity index (χ3n) is 9.23. The van der Waals surface area contributed by atoms with Crippen LogP contribution in [-0.2, 0) is 35.0 Å². The summed E-state index contributed by atoms with van der Waals surface area (Å²) in [5, 5.41) is 36.0. The summed E-state index contributed by atoms with van der Waals surface area (Å²) in [6.07, 6.45) is 14.8. The summed E-state index contributed by atoms with van der Waals surface area (Å²) in [5.74, 6) is 1.21. The Labute approximate surface area is 310 Å². The number of amides is 2. The van der Waals surface area contributed by atoms with Crippen LogP contribution >= 0.6 is 0 Å². The first-order valence-corrected chi connectivity index (χ1v) is 18.8. The van der Waals surface area contributed by atoms with E-state index in [0.29, 0.717) is 30.9 Å². The van der Waals surface area contributed by atoms with Crippen molar-refractivity contribution in [2.24, 2.45) is 5.92 Å². The molecule has 0 aliphatic carbocycles. The second-order valence-corrected chi connectivity index (χ2v) is 13.2. The fraction of sp³-hybridized carbons (Fsp3) is 0.675. The summed E-state index contributed by atoms with van der Waals surface area (Å²) in [4.78, 5) is 39.4. The number of aliphatic carboxylic acids is 1. The van der Waals surface area contributed by atoms with Gasteiger partial charge in [-0.2, -0.15) is 0 Å². The molecule has 3 atom stereocenters. The average molecular weight is 731 g/mol. The first-order chi connectivity index (χ1) is 25.1. The van der Waals surface area contributed by atoms with Crippen LogP contribution in [0.5, 0.6) is 5.75 Å². The number of allylic oxidation sites excluding steroid dienone is 1. The van der Waals surface area contributed by atoms with Gasteiger partial charge in [0.2, 0.25) is 11.8 Å². The third kappa shape index (κ3) is 16.0. The zero-order chi connectivity index (χ0) is 38.1. The van der Waals surface area contributed by atoms with Crippen molar-refractivity contribution in [1.82, 2.24) is 10.6 Å². The van der Waals surface area contributed by atoms with Gasteiger partial charge < -0.3 is 44.9 Å². The van der Waals surface area contributed by atoms with Crippen LogP contribution in [0.25, 0.3) is 0 Å². The summed E-state index contributed by atoms with van der Waals surface area (Å²) in [6.45, 7) is 4.98. The molecule has 292 valence electrons. The molecule has 2 unspecified atom stereocenters. The highest BCUT2D eigenvalue weighted by atomic mass is 16.7. The van der Waals surface area contributed by atoms with Crippen molar-refractivity contribution >= 4 is 17.8 Å². The van der Waals surface area contributed by atoms with Gasteiger partial charge >= 0.3 is 5.97 Å². The van der Waals surface area contributed by atoms with Crippen LogP contribution < -0.4 is 15.4 Å². The molecule has 2 rings (SSSR count). The number of carbonyl (C=O) groups excluding carboxylic acids is 2. The molecular formula is C40H62N2O10. The minimum Gasteiger partial charge on any atom is -0.481 e. The van der Waals surface area contributed by atoms with Gasteiger partial charge in [-0.25, -0.2) is 4.79 Å². The van der Waals surface area contributed by atoms with Crippen LogP contribution in [0.1, 0.15) is 103 Å². The number of nitrogens with one attached hydrogen (secondary N) is 2. The molecule has 1 aromatic rings. The number of hydrogen-bond acceptors (Lipinski definition) is 9. The third-order valence-corrected chi connectivity index (χ3v) is 9.23. The number of benzene rings is 1. The Morgan fingerprint density at radius 3 is 2.25 bits per heavy atom. The molecule has 2 amide bonds.